The van der Waals surface area contributed by atoms with Crippen LogP contribution in [0.3, 0.4) is 0 Å². The number of aliphatic hydroxyl groups excluding tert-OH is 1. The number of hydrogen-bond donors (Lipinski definition) is 2. The molecule has 0 bridgehead atoms. The molecular formula is C20H28O4. The quantitative estimate of drug-likeness (QED) is 0.873. The summed E-state index contributed by atoms with van der Waals surface area (Å²) in [4.78, 5) is 11.8. The maximum atomic E-state index is 11.8. The molecule has 1 heterocycles. The van der Waals surface area contributed by atoms with Crippen LogP contribution in [-0.2, 0) is 11.2 Å². The van der Waals surface area contributed by atoms with Crippen molar-refractivity contribution in [1.82, 2.24) is 0 Å². The Labute approximate surface area is 143 Å². The van der Waals surface area contributed by atoms with Gasteiger partial charge in [-0.1, -0.05) is 26.8 Å². The van der Waals surface area contributed by atoms with Crippen LogP contribution in [0.15, 0.2) is 34.7 Å². The Morgan fingerprint density at radius 3 is 2.79 bits per heavy atom. The number of aliphatic carboxylic acids is 1. The lowest BCUT2D eigenvalue weighted by Gasteiger charge is -2.59. The van der Waals surface area contributed by atoms with E-state index in [1.54, 1.807) is 12.5 Å². The molecule has 2 aliphatic carbocycles. The molecule has 4 heteroatoms. The molecule has 4 nitrogen and oxygen atoms in total. The third kappa shape index (κ3) is 2.52. The van der Waals surface area contributed by atoms with Crippen molar-refractivity contribution in [2.45, 2.75) is 59.0 Å². The molecule has 0 radical (unpaired) electrons. The Hall–Kier alpha value is -1.55. The number of hydrogen-bond acceptors (Lipinski definition) is 3. The smallest absolute Gasteiger partial charge is 0.331 e. The van der Waals surface area contributed by atoms with Crippen molar-refractivity contribution in [2.24, 2.45) is 22.7 Å². The van der Waals surface area contributed by atoms with Gasteiger partial charge in [-0.05, 0) is 61.0 Å². The van der Waals surface area contributed by atoms with Crippen molar-refractivity contribution < 1.29 is 19.4 Å². The summed E-state index contributed by atoms with van der Waals surface area (Å²) in [7, 11) is 0. The van der Waals surface area contributed by atoms with E-state index in [2.05, 4.69) is 13.8 Å². The van der Waals surface area contributed by atoms with Crippen LogP contribution < -0.4 is 0 Å². The number of carbonyl (C=O) groups is 1. The van der Waals surface area contributed by atoms with E-state index in [-0.39, 0.29) is 11.3 Å². The minimum Gasteiger partial charge on any atom is -0.478 e. The average molecular weight is 332 g/mol. The zero-order chi connectivity index (χ0) is 17.5. The van der Waals surface area contributed by atoms with Crippen LogP contribution in [0, 0.1) is 22.7 Å². The fourth-order valence-electron chi connectivity index (χ4n) is 5.31. The molecule has 1 saturated carbocycles. The normalized spacial score (nSPS) is 39.2. The van der Waals surface area contributed by atoms with Crippen LogP contribution in [0.1, 0.15) is 52.0 Å². The fraction of sp³-hybridized carbons (Fsp3) is 0.650. The van der Waals surface area contributed by atoms with E-state index in [0.29, 0.717) is 17.9 Å². The first kappa shape index (κ1) is 17.3. The Balaban J connectivity index is 1.94. The van der Waals surface area contributed by atoms with Crippen molar-refractivity contribution in [3.8, 4) is 0 Å². The minimum atomic E-state index is -0.881. The highest BCUT2D eigenvalue weighted by atomic mass is 16.4. The van der Waals surface area contributed by atoms with E-state index in [1.165, 1.54) is 5.56 Å². The number of carboxylic acid groups (broad SMARTS) is 1. The molecule has 2 N–H and O–H groups in total. The van der Waals surface area contributed by atoms with Gasteiger partial charge in [-0.25, -0.2) is 4.79 Å². The molecule has 5 atom stereocenters. The standard InChI is InChI=1S/C20H28O4/c1-13-11-17(21)20(3)15(18(22)23)5-4-6-16(20)19(13,2)9-7-14-8-10-24-12-14/h5,8,10,12-13,16-17,21H,4,6-7,9,11H2,1-3H3,(H,22,23)/t13-,16-,17+,19-,20-/m1/s1. The fourth-order valence-corrected chi connectivity index (χ4v) is 5.31. The van der Waals surface area contributed by atoms with E-state index in [9.17, 15) is 15.0 Å². The lowest BCUT2D eigenvalue weighted by atomic mass is 9.45. The van der Waals surface area contributed by atoms with Crippen molar-refractivity contribution >= 4 is 5.97 Å². The molecule has 0 amide bonds. The van der Waals surface area contributed by atoms with Gasteiger partial charge in [0.05, 0.1) is 18.6 Å². The number of aryl methyl sites for hydroxylation is 1. The zero-order valence-corrected chi connectivity index (χ0v) is 14.8. The molecule has 132 valence electrons. The van der Waals surface area contributed by atoms with Gasteiger partial charge in [-0.2, -0.15) is 0 Å². The average Bonchev–Trinajstić information content (AvgIpc) is 3.04. The van der Waals surface area contributed by atoms with Gasteiger partial charge in [0.2, 0.25) is 0 Å². The maximum absolute atomic E-state index is 11.8. The molecule has 24 heavy (non-hydrogen) atoms. The first-order valence-corrected chi connectivity index (χ1v) is 8.93. The van der Waals surface area contributed by atoms with Gasteiger partial charge in [-0.15, -0.1) is 0 Å². The van der Waals surface area contributed by atoms with Crippen molar-refractivity contribution in [3.63, 3.8) is 0 Å². The van der Waals surface area contributed by atoms with Gasteiger partial charge in [-0.3, -0.25) is 0 Å². The number of furan rings is 1. The van der Waals surface area contributed by atoms with Gasteiger partial charge in [0.1, 0.15) is 0 Å². The third-order valence-corrected chi connectivity index (χ3v) is 7.06. The van der Waals surface area contributed by atoms with Crippen molar-refractivity contribution in [1.29, 1.82) is 0 Å². The highest BCUT2D eigenvalue weighted by Crippen LogP contribution is 2.61. The minimum absolute atomic E-state index is 0.000208. The molecule has 2 aliphatic rings. The largest absolute Gasteiger partial charge is 0.478 e. The van der Waals surface area contributed by atoms with Crippen LogP contribution >= 0.6 is 0 Å². The molecule has 0 spiro atoms. The van der Waals surface area contributed by atoms with E-state index in [1.807, 2.05) is 19.1 Å². The zero-order valence-electron chi connectivity index (χ0n) is 14.8. The summed E-state index contributed by atoms with van der Waals surface area (Å²) in [6.45, 7) is 6.46. The Kier molecular flexibility index (Phi) is 4.37. The molecule has 0 saturated heterocycles. The Morgan fingerprint density at radius 1 is 1.42 bits per heavy atom. The molecular weight excluding hydrogens is 304 g/mol. The van der Waals surface area contributed by atoms with E-state index in [0.717, 1.165) is 25.7 Å². The van der Waals surface area contributed by atoms with Crippen LogP contribution in [0.25, 0.3) is 0 Å². The summed E-state index contributed by atoms with van der Waals surface area (Å²) in [5.74, 6) is -0.356. The lowest BCUT2D eigenvalue weighted by Crippen LogP contribution is -2.57. The molecule has 1 fully saturated rings. The topological polar surface area (TPSA) is 70.7 Å². The number of carboxylic acids is 1. The highest BCUT2D eigenvalue weighted by Gasteiger charge is 2.59. The van der Waals surface area contributed by atoms with E-state index >= 15 is 0 Å². The number of aliphatic hydroxyl groups is 1. The first-order valence-electron chi connectivity index (χ1n) is 8.93. The van der Waals surface area contributed by atoms with Crippen LogP contribution in [0.5, 0.6) is 0 Å². The van der Waals surface area contributed by atoms with Crippen LogP contribution in [0.4, 0.5) is 0 Å². The molecule has 1 aromatic rings. The van der Waals surface area contributed by atoms with Gasteiger partial charge in [0, 0.05) is 11.0 Å². The monoisotopic (exact) mass is 332 g/mol. The first-order chi connectivity index (χ1) is 11.3. The van der Waals surface area contributed by atoms with Crippen LogP contribution in [0.2, 0.25) is 0 Å². The van der Waals surface area contributed by atoms with Crippen LogP contribution in [-0.4, -0.2) is 22.3 Å². The number of fused-ring (bicyclic) bond motifs is 1. The Bertz CT molecular complexity index is 632. The summed E-state index contributed by atoms with van der Waals surface area (Å²) in [6.07, 6.45) is 8.99. The summed E-state index contributed by atoms with van der Waals surface area (Å²) in [6, 6.07) is 1.99. The summed E-state index contributed by atoms with van der Waals surface area (Å²) in [5, 5.41) is 20.5. The molecule has 0 unspecified atom stereocenters. The van der Waals surface area contributed by atoms with E-state index in [4.69, 9.17) is 4.42 Å². The summed E-state index contributed by atoms with van der Waals surface area (Å²) >= 11 is 0. The third-order valence-electron chi connectivity index (χ3n) is 7.06. The predicted molar refractivity (Wildman–Crippen MR) is 91.5 cm³/mol. The van der Waals surface area contributed by atoms with E-state index < -0.39 is 17.5 Å². The number of allylic oxidation sites excluding steroid dienone is 1. The van der Waals surface area contributed by atoms with Gasteiger partial charge < -0.3 is 14.6 Å². The SMILES string of the molecule is C[C@@H]1C[C@H](O)[C@]2(C)C(C(=O)O)=CCC[C@@H]2[C@]1(C)CCc1ccoc1. The molecule has 0 aromatic carbocycles. The molecule has 1 aromatic heterocycles. The van der Waals surface area contributed by atoms with Gasteiger partial charge in [0.15, 0.2) is 0 Å². The second-order valence-corrected chi connectivity index (χ2v) is 8.13. The predicted octanol–water partition coefficient (Wildman–Crippen LogP) is 4.05. The van der Waals surface area contributed by atoms with Crippen molar-refractivity contribution in [3.05, 3.63) is 35.8 Å². The van der Waals surface area contributed by atoms with Crippen molar-refractivity contribution in [2.75, 3.05) is 0 Å². The summed E-state index contributed by atoms with van der Waals surface area (Å²) in [5.41, 5.74) is 0.927. The summed E-state index contributed by atoms with van der Waals surface area (Å²) < 4.78 is 5.18. The highest BCUT2D eigenvalue weighted by molar-refractivity contribution is 5.88. The molecule has 3 rings (SSSR count). The Morgan fingerprint density at radius 2 is 2.17 bits per heavy atom. The van der Waals surface area contributed by atoms with Gasteiger partial charge in [0.25, 0.3) is 0 Å². The maximum Gasteiger partial charge on any atom is 0.331 e. The molecule has 0 aliphatic heterocycles. The number of rotatable bonds is 4. The second kappa shape index (κ2) is 6.07. The van der Waals surface area contributed by atoms with Gasteiger partial charge >= 0.3 is 5.97 Å². The lowest BCUT2D eigenvalue weighted by molar-refractivity contribution is -0.148. The second-order valence-electron chi connectivity index (χ2n) is 8.13.